The predicted molar refractivity (Wildman–Crippen MR) is 82.9 cm³/mol. The summed E-state index contributed by atoms with van der Waals surface area (Å²) >= 11 is 0. The van der Waals surface area contributed by atoms with Crippen molar-refractivity contribution in [2.75, 3.05) is 0 Å². The van der Waals surface area contributed by atoms with Gasteiger partial charge in [-0.25, -0.2) is 4.57 Å². The number of furan rings is 1. The van der Waals surface area contributed by atoms with Gasteiger partial charge in [0.25, 0.3) is 0 Å². The van der Waals surface area contributed by atoms with Crippen LogP contribution in [0.1, 0.15) is 5.56 Å². The van der Waals surface area contributed by atoms with Crippen LogP contribution in [0.25, 0.3) is 33.3 Å². The summed E-state index contributed by atoms with van der Waals surface area (Å²) in [7, 11) is 2.00. The standard InChI is InChI=1S/C18H15N2O/c1-12-10-15-13-6-3-4-7-16(13)21-17(15)11-14(12)18-19-8-5-9-20(18)2/h3-11H,1-2H3/q+1. The molecule has 2 heterocycles. The van der Waals surface area contributed by atoms with E-state index in [1.165, 1.54) is 5.56 Å². The molecule has 0 aliphatic heterocycles. The highest BCUT2D eigenvalue weighted by atomic mass is 16.3. The molecule has 0 unspecified atom stereocenters. The average molecular weight is 275 g/mol. The number of rotatable bonds is 1. The van der Waals surface area contributed by atoms with Crippen molar-refractivity contribution < 1.29 is 8.98 Å². The minimum Gasteiger partial charge on any atom is -0.456 e. The van der Waals surface area contributed by atoms with E-state index >= 15 is 0 Å². The van der Waals surface area contributed by atoms with Crippen LogP contribution in [0.2, 0.25) is 0 Å². The molecule has 0 aliphatic carbocycles. The first-order chi connectivity index (χ1) is 10.2. The SMILES string of the molecule is Cc1cc2c(cc1-c1nccc[n+]1C)oc1ccccc12. The fraction of sp³-hybridized carbons (Fsp3) is 0.111. The van der Waals surface area contributed by atoms with Crippen molar-refractivity contribution in [3.63, 3.8) is 0 Å². The van der Waals surface area contributed by atoms with Crippen LogP contribution in [-0.2, 0) is 7.05 Å². The molecule has 3 heteroatoms. The lowest BCUT2D eigenvalue weighted by molar-refractivity contribution is -0.663. The first-order valence-electron chi connectivity index (χ1n) is 6.97. The molecule has 0 amide bonds. The molecule has 0 N–H and O–H groups in total. The lowest BCUT2D eigenvalue weighted by atomic mass is 10.0. The number of nitrogens with zero attached hydrogens (tertiary/aromatic N) is 2. The number of hydrogen-bond donors (Lipinski definition) is 0. The van der Waals surface area contributed by atoms with E-state index in [9.17, 15) is 0 Å². The molecule has 0 radical (unpaired) electrons. The summed E-state index contributed by atoms with van der Waals surface area (Å²) in [5.41, 5.74) is 4.13. The second-order valence-corrected chi connectivity index (χ2v) is 5.32. The Kier molecular flexibility index (Phi) is 2.54. The molecule has 3 nitrogen and oxygen atoms in total. The predicted octanol–water partition coefficient (Wildman–Crippen LogP) is 3.78. The van der Waals surface area contributed by atoms with Gasteiger partial charge in [-0.1, -0.05) is 18.2 Å². The van der Waals surface area contributed by atoms with Crippen molar-refractivity contribution in [3.05, 3.63) is 60.4 Å². The normalized spacial score (nSPS) is 11.3. The van der Waals surface area contributed by atoms with E-state index in [0.29, 0.717) is 0 Å². The minimum atomic E-state index is 0.905. The largest absolute Gasteiger partial charge is 0.456 e. The van der Waals surface area contributed by atoms with Crippen molar-refractivity contribution in [1.82, 2.24) is 4.98 Å². The zero-order valence-corrected chi connectivity index (χ0v) is 12.0. The molecule has 2 aromatic carbocycles. The van der Waals surface area contributed by atoms with E-state index in [2.05, 4.69) is 30.1 Å². The highest BCUT2D eigenvalue weighted by Gasteiger charge is 2.17. The number of benzene rings is 2. The summed E-state index contributed by atoms with van der Waals surface area (Å²) < 4.78 is 8.00. The lowest BCUT2D eigenvalue weighted by Gasteiger charge is -2.02. The molecule has 0 spiro atoms. The fourth-order valence-electron chi connectivity index (χ4n) is 2.82. The van der Waals surface area contributed by atoms with Crippen molar-refractivity contribution >= 4 is 21.9 Å². The quantitative estimate of drug-likeness (QED) is 0.495. The maximum absolute atomic E-state index is 5.97. The van der Waals surface area contributed by atoms with Crippen molar-refractivity contribution in [3.8, 4) is 11.4 Å². The van der Waals surface area contributed by atoms with Gasteiger partial charge < -0.3 is 4.42 Å². The van der Waals surface area contributed by atoms with Gasteiger partial charge in [0.1, 0.15) is 17.4 Å². The Morgan fingerprint density at radius 3 is 2.71 bits per heavy atom. The first kappa shape index (κ1) is 12.1. The molecule has 0 saturated carbocycles. The van der Waals surface area contributed by atoms with Crippen LogP contribution in [0.15, 0.2) is 59.3 Å². The molecule has 0 bridgehead atoms. The molecule has 0 fully saturated rings. The maximum atomic E-state index is 5.97. The third-order valence-electron chi connectivity index (χ3n) is 3.89. The van der Waals surface area contributed by atoms with Crippen molar-refractivity contribution in [2.45, 2.75) is 6.92 Å². The summed E-state index contributed by atoms with van der Waals surface area (Å²) in [6, 6.07) is 14.3. The number of aryl methyl sites for hydroxylation is 2. The number of aromatic nitrogens is 2. The van der Waals surface area contributed by atoms with Gasteiger partial charge in [0, 0.05) is 16.8 Å². The summed E-state index contributed by atoms with van der Waals surface area (Å²) in [4.78, 5) is 4.49. The van der Waals surface area contributed by atoms with Crippen LogP contribution in [0.4, 0.5) is 0 Å². The Bertz CT molecular complexity index is 969. The monoisotopic (exact) mass is 275 g/mol. The molecule has 2 aromatic heterocycles. The smallest absolute Gasteiger partial charge is 0.330 e. The van der Waals surface area contributed by atoms with E-state index < -0.39 is 0 Å². The molecule has 0 aliphatic rings. The fourth-order valence-corrected chi connectivity index (χ4v) is 2.82. The molecule has 4 aromatic rings. The van der Waals surface area contributed by atoms with Crippen molar-refractivity contribution in [2.24, 2.45) is 7.05 Å². The zero-order chi connectivity index (χ0) is 14.4. The molecule has 102 valence electrons. The van der Waals surface area contributed by atoms with E-state index in [1.807, 2.05) is 48.3 Å². The van der Waals surface area contributed by atoms with Gasteiger partial charge in [-0.05, 0) is 35.7 Å². The highest BCUT2D eigenvalue weighted by molar-refractivity contribution is 6.06. The Balaban J connectivity index is 2.06. The van der Waals surface area contributed by atoms with Gasteiger partial charge >= 0.3 is 5.82 Å². The number of fused-ring (bicyclic) bond motifs is 3. The van der Waals surface area contributed by atoms with Crippen LogP contribution in [0.3, 0.4) is 0 Å². The minimum absolute atomic E-state index is 0.905. The summed E-state index contributed by atoms with van der Waals surface area (Å²) in [6.07, 6.45) is 3.82. The van der Waals surface area contributed by atoms with Crippen LogP contribution >= 0.6 is 0 Å². The van der Waals surface area contributed by atoms with Gasteiger partial charge in [0.15, 0.2) is 0 Å². The van der Waals surface area contributed by atoms with E-state index in [0.717, 1.165) is 33.3 Å². The van der Waals surface area contributed by atoms with Gasteiger partial charge in [0.05, 0.1) is 18.8 Å². The van der Waals surface area contributed by atoms with Crippen LogP contribution in [-0.4, -0.2) is 4.98 Å². The second kappa shape index (κ2) is 4.42. The Labute approximate surface area is 122 Å². The molecule has 0 saturated heterocycles. The van der Waals surface area contributed by atoms with Crippen molar-refractivity contribution in [1.29, 1.82) is 0 Å². The maximum Gasteiger partial charge on any atom is 0.330 e. The topological polar surface area (TPSA) is 29.9 Å². The molecular weight excluding hydrogens is 260 g/mol. The van der Waals surface area contributed by atoms with Gasteiger partial charge in [-0.2, -0.15) is 0 Å². The third kappa shape index (κ3) is 1.82. The zero-order valence-electron chi connectivity index (χ0n) is 12.0. The van der Waals surface area contributed by atoms with Crippen LogP contribution in [0.5, 0.6) is 0 Å². The average Bonchev–Trinajstić information content (AvgIpc) is 2.85. The number of hydrogen-bond acceptors (Lipinski definition) is 2. The number of para-hydroxylation sites is 1. The summed E-state index contributed by atoms with van der Waals surface area (Å²) in [5, 5.41) is 2.32. The summed E-state index contributed by atoms with van der Waals surface area (Å²) in [6.45, 7) is 2.12. The van der Waals surface area contributed by atoms with Gasteiger partial charge in [0.2, 0.25) is 0 Å². The molecular formula is C18H15N2O+. The Morgan fingerprint density at radius 1 is 1.00 bits per heavy atom. The molecule has 4 rings (SSSR count). The summed E-state index contributed by atoms with van der Waals surface area (Å²) in [5.74, 6) is 0.942. The Morgan fingerprint density at radius 2 is 1.86 bits per heavy atom. The molecule has 21 heavy (non-hydrogen) atoms. The lowest BCUT2D eigenvalue weighted by Crippen LogP contribution is -2.31. The molecule has 0 atom stereocenters. The van der Waals surface area contributed by atoms with E-state index in [1.54, 1.807) is 0 Å². The van der Waals surface area contributed by atoms with E-state index in [-0.39, 0.29) is 0 Å². The van der Waals surface area contributed by atoms with Crippen LogP contribution < -0.4 is 4.57 Å². The Hall–Kier alpha value is -2.68. The third-order valence-corrected chi connectivity index (χ3v) is 3.89. The van der Waals surface area contributed by atoms with E-state index in [4.69, 9.17) is 4.42 Å². The van der Waals surface area contributed by atoms with Crippen LogP contribution in [0, 0.1) is 6.92 Å². The van der Waals surface area contributed by atoms with Gasteiger partial charge in [-0.15, -0.1) is 0 Å². The first-order valence-corrected chi connectivity index (χ1v) is 6.97. The highest BCUT2D eigenvalue weighted by Crippen LogP contribution is 2.32. The van der Waals surface area contributed by atoms with Gasteiger partial charge in [-0.3, -0.25) is 0 Å². The second-order valence-electron chi connectivity index (χ2n) is 5.32.